The zero-order chi connectivity index (χ0) is 12.1. The smallest absolute Gasteiger partial charge is 0.323 e. The maximum atomic E-state index is 8.88. The number of rotatable bonds is 1. The van der Waals surface area contributed by atoms with Gasteiger partial charge in [0.2, 0.25) is 0 Å². The average Bonchev–Trinajstić information content (AvgIpc) is 2.01. The van der Waals surface area contributed by atoms with E-state index >= 15 is 0 Å². The highest BCUT2D eigenvalue weighted by molar-refractivity contribution is 9.11. The van der Waals surface area contributed by atoms with Gasteiger partial charge in [0.25, 0.3) is 0 Å². The Hall–Kier alpha value is 0.0500. The second-order valence-corrected chi connectivity index (χ2v) is 5.08. The van der Waals surface area contributed by atoms with E-state index in [9.17, 15) is 0 Å². The third-order valence-corrected chi connectivity index (χ3v) is 2.24. The van der Waals surface area contributed by atoms with Crippen molar-refractivity contribution in [2.24, 2.45) is 5.84 Å². The number of phosphoric acid groups is 1. The molecule has 0 heterocycles. The largest absolute Gasteiger partial charge is 0.466 e. The maximum absolute atomic E-state index is 8.88. The maximum Gasteiger partial charge on any atom is 0.466 e. The third kappa shape index (κ3) is 9.01. The van der Waals surface area contributed by atoms with Crippen LogP contribution in [0.1, 0.15) is 0 Å². The molecule has 1 aromatic carbocycles. The molecule has 9 heteroatoms. The molecule has 1 aromatic rings. The summed E-state index contributed by atoms with van der Waals surface area (Å²) in [5.74, 6) is 5.21. The van der Waals surface area contributed by atoms with Gasteiger partial charge in [0.15, 0.2) is 0 Å². The van der Waals surface area contributed by atoms with Crippen molar-refractivity contribution in [2.75, 3.05) is 5.43 Å². The molecule has 1 rings (SSSR count). The van der Waals surface area contributed by atoms with Crippen molar-refractivity contribution in [2.45, 2.75) is 0 Å². The standard InChI is InChI=1S/C6H6Br2N2.H3O4P/c7-4-1-2-6(10-9)5(8)3-4;1-5(2,3)4/h1-3,10H,9H2;(H3,1,2,3,4). The van der Waals surface area contributed by atoms with Crippen LogP contribution < -0.4 is 11.3 Å². The molecule has 0 bridgehead atoms. The first-order chi connectivity index (χ1) is 6.74. The SMILES string of the molecule is NNc1ccc(Br)cc1Br.O=P(O)(O)O. The number of benzene rings is 1. The van der Waals surface area contributed by atoms with E-state index in [2.05, 4.69) is 37.3 Å². The first-order valence-corrected chi connectivity index (χ1v) is 6.59. The van der Waals surface area contributed by atoms with E-state index in [0.717, 1.165) is 14.6 Å². The summed E-state index contributed by atoms with van der Waals surface area (Å²) in [4.78, 5) is 21.6. The predicted molar refractivity (Wildman–Crippen MR) is 63.9 cm³/mol. The lowest BCUT2D eigenvalue weighted by Gasteiger charge is -2.01. The van der Waals surface area contributed by atoms with Crippen LogP contribution in [-0.2, 0) is 4.57 Å². The molecule has 15 heavy (non-hydrogen) atoms. The van der Waals surface area contributed by atoms with Gasteiger partial charge in [-0.25, -0.2) is 4.57 Å². The molecule has 0 aromatic heterocycles. The van der Waals surface area contributed by atoms with Gasteiger partial charge >= 0.3 is 7.82 Å². The monoisotopic (exact) mass is 362 g/mol. The lowest BCUT2D eigenvalue weighted by Crippen LogP contribution is -2.06. The Morgan fingerprint density at radius 1 is 1.27 bits per heavy atom. The molecule has 0 aliphatic rings. The Balaban J connectivity index is 0.000000336. The highest BCUT2D eigenvalue weighted by atomic mass is 79.9. The molecule has 0 unspecified atom stereocenters. The van der Waals surface area contributed by atoms with Gasteiger partial charge < -0.3 is 20.1 Å². The highest BCUT2D eigenvalue weighted by Crippen LogP contribution is 2.26. The van der Waals surface area contributed by atoms with Gasteiger partial charge in [0, 0.05) is 8.95 Å². The molecule has 6 nitrogen and oxygen atoms in total. The fourth-order valence-corrected chi connectivity index (χ4v) is 1.77. The molecule has 0 fully saturated rings. The number of nitrogens with two attached hydrogens (primary N) is 1. The Morgan fingerprint density at radius 3 is 2.07 bits per heavy atom. The van der Waals surface area contributed by atoms with Crippen LogP contribution in [0.2, 0.25) is 0 Å². The van der Waals surface area contributed by atoms with E-state index in [4.69, 9.17) is 25.1 Å². The average molecular weight is 364 g/mol. The van der Waals surface area contributed by atoms with Gasteiger partial charge in [-0.15, -0.1) is 0 Å². The molecule has 0 amide bonds. The van der Waals surface area contributed by atoms with E-state index in [1.807, 2.05) is 18.2 Å². The molecule has 86 valence electrons. The fraction of sp³-hybridized carbons (Fsp3) is 0. The fourth-order valence-electron chi connectivity index (χ4n) is 0.607. The molecular formula is C6H9Br2N2O4P. The molecule has 0 aliphatic heterocycles. The molecule has 0 aliphatic carbocycles. The van der Waals surface area contributed by atoms with E-state index in [-0.39, 0.29) is 0 Å². The molecule has 0 atom stereocenters. The molecule has 0 saturated heterocycles. The van der Waals surface area contributed by atoms with E-state index in [1.54, 1.807) is 0 Å². The minimum absolute atomic E-state index is 0.878. The minimum atomic E-state index is -4.64. The van der Waals surface area contributed by atoms with Crippen molar-refractivity contribution in [3.8, 4) is 0 Å². The van der Waals surface area contributed by atoms with E-state index < -0.39 is 7.82 Å². The number of hydrogen-bond acceptors (Lipinski definition) is 3. The number of nitrogens with one attached hydrogen (secondary N) is 1. The molecule has 0 saturated carbocycles. The molecule has 0 radical (unpaired) electrons. The van der Waals surface area contributed by atoms with E-state index in [0.29, 0.717) is 0 Å². The Morgan fingerprint density at radius 2 is 1.73 bits per heavy atom. The topological polar surface area (TPSA) is 116 Å². The molecule has 0 spiro atoms. The van der Waals surface area contributed by atoms with Crippen LogP contribution in [0.5, 0.6) is 0 Å². The van der Waals surface area contributed by atoms with Crippen molar-refractivity contribution in [3.05, 3.63) is 27.1 Å². The van der Waals surface area contributed by atoms with Crippen LogP contribution in [0.15, 0.2) is 27.1 Å². The summed E-state index contributed by atoms with van der Waals surface area (Å²) in [6.07, 6.45) is 0. The predicted octanol–water partition coefficient (Wildman–Crippen LogP) is 1.57. The summed E-state index contributed by atoms with van der Waals surface area (Å²) < 4.78 is 10.9. The van der Waals surface area contributed by atoms with Crippen LogP contribution in [-0.4, -0.2) is 14.7 Å². The minimum Gasteiger partial charge on any atom is -0.323 e. The van der Waals surface area contributed by atoms with Crippen LogP contribution >= 0.6 is 39.7 Å². The lowest BCUT2D eigenvalue weighted by atomic mass is 10.3. The second kappa shape index (κ2) is 6.59. The highest BCUT2D eigenvalue weighted by Gasteiger charge is 2.00. The molecule has 6 N–H and O–H groups in total. The normalized spacial score (nSPS) is 10.3. The van der Waals surface area contributed by atoms with Crippen molar-refractivity contribution in [3.63, 3.8) is 0 Å². The Kier molecular flexibility index (Phi) is 6.62. The van der Waals surface area contributed by atoms with Gasteiger partial charge in [-0.3, -0.25) is 5.84 Å². The molecular weight excluding hydrogens is 355 g/mol. The zero-order valence-electron chi connectivity index (χ0n) is 7.26. The van der Waals surface area contributed by atoms with E-state index in [1.165, 1.54) is 0 Å². The summed E-state index contributed by atoms with van der Waals surface area (Å²) in [7, 11) is -4.64. The van der Waals surface area contributed by atoms with Crippen LogP contribution in [0.4, 0.5) is 5.69 Å². The second-order valence-electron chi connectivity index (χ2n) is 2.28. The van der Waals surface area contributed by atoms with Crippen LogP contribution in [0.3, 0.4) is 0 Å². The number of hydrazine groups is 1. The number of nitrogen functional groups attached to an aromatic ring is 1. The van der Waals surface area contributed by atoms with Gasteiger partial charge in [0.1, 0.15) is 0 Å². The Bertz CT molecular complexity index is 362. The summed E-state index contributed by atoms with van der Waals surface area (Å²) in [5.41, 5.74) is 3.43. The van der Waals surface area contributed by atoms with Gasteiger partial charge in [0.05, 0.1) is 5.69 Å². The van der Waals surface area contributed by atoms with Crippen LogP contribution in [0.25, 0.3) is 0 Å². The third-order valence-electron chi connectivity index (χ3n) is 1.09. The van der Waals surface area contributed by atoms with Crippen molar-refractivity contribution < 1.29 is 19.2 Å². The van der Waals surface area contributed by atoms with Crippen molar-refractivity contribution >= 4 is 45.4 Å². The number of hydrogen-bond donors (Lipinski definition) is 5. The summed E-state index contributed by atoms with van der Waals surface area (Å²) >= 11 is 6.66. The van der Waals surface area contributed by atoms with Crippen LogP contribution in [0, 0.1) is 0 Å². The summed E-state index contributed by atoms with van der Waals surface area (Å²) in [6, 6.07) is 5.73. The van der Waals surface area contributed by atoms with Gasteiger partial charge in [-0.1, -0.05) is 15.9 Å². The number of anilines is 1. The quantitative estimate of drug-likeness (QED) is 0.294. The zero-order valence-corrected chi connectivity index (χ0v) is 11.3. The summed E-state index contributed by atoms with van der Waals surface area (Å²) in [5, 5.41) is 0. The first-order valence-electron chi connectivity index (χ1n) is 3.44. The summed E-state index contributed by atoms with van der Waals surface area (Å²) in [6.45, 7) is 0. The lowest BCUT2D eigenvalue weighted by molar-refractivity contribution is 0.275. The van der Waals surface area contributed by atoms with Gasteiger partial charge in [-0.05, 0) is 34.1 Å². The Labute approximate surface area is 103 Å². The number of halogens is 2. The van der Waals surface area contributed by atoms with Crippen molar-refractivity contribution in [1.29, 1.82) is 0 Å². The van der Waals surface area contributed by atoms with Gasteiger partial charge in [-0.2, -0.15) is 0 Å². The van der Waals surface area contributed by atoms with Crippen molar-refractivity contribution in [1.82, 2.24) is 0 Å². The first kappa shape index (κ1) is 15.0.